The van der Waals surface area contributed by atoms with Gasteiger partial charge < -0.3 is 15.0 Å². The lowest BCUT2D eigenvalue weighted by Gasteiger charge is -2.41. The Balaban J connectivity index is 1.23. The van der Waals surface area contributed by atoms with Gasteiger partial charge in [-0.05, 0) is 49.1 Å². The summed E-state index contributed by atoms with van der Waals surface area (Å²) in [6, 6.07) is 1.00. The molecule has 34 heavy (non-hydrogen) atoms. The number of hydrogen-bond acceptors (Lipinski definition) is 8. The van der Waals surface area contributed by atoms with Crippen LogP contribution in [0.25, 0.3) is 10.2 Å². The second kappa shape index (κ2) is 9.87. The molecular weight excluding hydrogens is 450 g/mol. The van der Waals surface area contributed by atoms with Gasteiger partial charge >= 0.3 is 6.09 Å². The second-order valence-electron chi connectivity index (χ2n) is 9.43. The molecule has 0 spiro atoms. The Hall–Kier alpha value is -2.72. The van der Waals surface area contributed by atoms with Gasteiger partial charge in [-0.3, -0.25) is 9.58 Å². The van der Waals surface area contributed by atoms with Crippen LogP contribution in [0.5, 0.6) is 0 Å². The predicted octanol–water partition coefficient (Wildman–Crippen LogP) is 3.43. The van der Waals surface area contributed by atoms with E-state index in [0.717, 1.165) is 79.3 Å². The summed E-state index contributed by atoms with van der Waals surface area (Å²) in [6.07, 6.45) is 8.93. The number of carbonyl (C=O) groups excluding carboxylic acids is 1. The number of aromatic nitrogens is 4. The van der Waals surface area contributed by atoms with Crippen molar-refractivity contribution in [2.75, 3.05) is 38.6 Å². The Morgan fingerprint density at radius 3 is 2.62 bits per heavy atom. The zero-order valence-electron chi connectivity index (χ0n) is 20.2. The van der Waals surface area contributed by atoms with Crippen LogP contribution in [0.15, 0.2) is 17.8 Å². The van der Waals surface area contributed by atoms with Crippen LogP contribution in [0.1, 0.15) is 42.6 Å². The molecule has 1 aliphatic heterocycles. The molecule has 2 fully saturated rings. The number of thiophene rings is 1. The minimum absolute atomic E-state index is 0.213. The van der Waals surface area contributed by atoms with Crippen molar-refractivity contribution in [2.24, 2.45) is 7.05 Å². The first-order valence-electron chi connectivity index (χ1n) is 12.1. The molecule has 2 aliphatic rings. The number of nitrogens with one attached hydrogen (secondary N) is 1. The molecule has 0 aromatic carbocycles. The number of fused-ring (bicyclic) bond motifs is 1. The predicted molar refractivity (Wildman–Crippen MR) is 133 cm³/mol. The third kappa shape index (κ3) is 4.88. The Morgan fingerprint density at radius 1 is 1.18 bits per heavy atom. The summed E-state index contributed by atoms with van der Waals surface area (Å²) < 4.78 is 6.68. The SMILES string of the molecule is COC(=O)N1CCN(C2CCC(Nc3nc(Cc4cnn(C)c4)nc4scc(C)c34)CC2)CC1. The Labute approximate surface area is 204 Å². The average molecular weight is 484 g/mol. The van der Waals surface area contributed by atoms with Crippen LogP contribution >= 0.6 is 11.3 Å². The third-order valence-corrected chi connectivity index (χ3v) is 8.08. The molecule has 0 atom stereocenters. The third-order valence-electron chi connectivity index (χ3n) is 7.09. The number of ether oxygens (including phenoxy) is 1. The van der Waals surface area contributed by atoms with Crippen LogP contribution in [0.4, 0.5) is 10.6 Å². The molecule has 1 aliphatic carbocycles. The Kier molecular flexibility index (Phi) is 6.69. The molecule has 1 saturated heterocycles. The van der Waals surface area contributed by atoms with Crippen LogP contribution in [0, 0.1) is 6.92 Å². The number of rotatable bonds is 5. The molecule has 3 aromatic heterocycles. The van der Waals surface area contributed by atoms with Crippen molar-refractivity contribution in [3.05, 3.63) is 34.7 Å². The van der Waals surface area contributed by atoms with Crippen molar-refractivity contribution >= 4 is 33.5 Å². The van der Waals surface area contributed by atoms with Crippen molar-refractivity contribution in [3.63, 3.8) is 0 Å². The van der Waals surface area contributed by atoms with Crippen molar-refractivity contribution in [2.45, 2.75) is 51.1 Å². The topological polar surface area (TPSA) is 88.4 Å². The fraction of sp³-hybridized carbons (Fsp3) is 0.583. The highest BCUT2D eigenvalue weighted by Crippen LogP contribution is 2.32. The maximum absolute atomic E-state index is 11.8. The molecule has 0 radical (unpaired) electrons. The first-order chi connectivity index (χ1) is 16.5. The van der Waals surface area contributed by atoms with Crippen molar-refractivity contribution < 1.29 is 9.53 Å². The highest BCUT2D eigenvalue weighted by Gasteiger charge is 2.30. The summed E-state index contributed by atoms with van der Waals surface area (Å²) in [5.41, 5.74) is 2.35. The quantitative estimate of drug-likeness (QED) is 0.595. The molecule has 9 nitrogen and oxygen atoms in total. The Morgan fingerprint density at radius 2 is 1.94 bits per heavy atom. The highest BCUT2D eigenvalue weighted by molar-refractivity contribution is 7.17. The van der Waals surface area contributed by atoms with Gasteiger partial charge in [-0.15, -0.1) is 11.3 Å². The zero-order chi connectivity index (χ0) is 23.7. The largest absolute Gasteiger partial charge is 0.453 e. The molecule has 3 aromatic rings. The minimum Gasteiger partial charge on any atom is -0.453 e. The van der Waals surface area contributed by atoms with Crippen LogP contribution in [-0.2, 0) is 18.2 Å². The summed E-state index contributed by atoms with van der Waals surface area (Å²) in [6.45, 7) is 5.49. The molecule has 1 saturated carbocycles. The molecule has 4 heterocycles. The minimum atomic E-state index is -0.213. The van der Waals surface area contributed by atoms with Gasteiger partial charge in [0.25, 0.3) is 0 Å². The van der Waals surface area contributed by atoms with E-state index in [1.54, 1.807) is 16.2 Å². The summed E-state index contributed by atoms with van der Waals surface area (Å²) >= 11 is 1.69. The lowest BCUT2D eigenvalue weighted by Crippen LogP contribution is -2.53. The van der Waals surface area contributed by atoms with Gasteiger partial charge in [-0.25, -0.2) is 14.8 Å². The number of aryl methyl sites for hydroxylation is 2. The summed E-state index contributed by atoms with van der Waals surface area (Å²) in [4.78, 5) is 27.0. The summed E-state index contributed by atoms with van der Waals surface area (Å²) in [5.74, 6) is 1.81. The lowest BCUT2D eigenvalue weighted by molar-refractivity contribution is 0.0642. The maximum Gasteiger partial charge on any atom is 0.409 e. The standard InChI is InChI=1S/C24H33N7O2S/c1-16-15-34-23-21(16)22(27-20(28-23)12-17-13-25-29(2)14-17)26-18-4-6-19(7-5-18)30-8-10-31(11-9-30)24(32)33-3/h13-15,18-19H,4-12H2,1-3H3,(H,26,27,28). The van der Waals surface area contributed by atoms with Gasteiger partial charge in [0, 0.05) is 57.9 Å². The molecule has 1 amide bonds. The summed E-state index contributed by atoms with van der Waals surface area (Å²) in [7, 11) is 3.38. The van der Waals surface area contributed by atoms with Gasteiger partial charge in [0.05, 0.1) is 18.7 Å². The number of piperazine rings is 1. The number of anilines is 1. The molecular formula is C24H33N7O2S. The van der Waals surface area contributed by atoms with E-state index in [1.807, 2.05) is 24.1 Å². The molecule has 5 rings (SSSR count). The number of amides is 1. The fourth-order valence-electron chi connectivity index (χ4n) is 5.23. The molecule has 0 bridgehead atoms. The molecule has 0 unspecified atom stereocenters. The smallest absolute Gasteiger partial charge is 0.409 e. The van der Waals surface area contributed by atoms with E-state index in [0.29, 0.717) is 18.5 Å². The van der Waals surface area contributed by atoms with E-state index in [9.17, 15) is 4.79 Å². The van der Waals surface area contributed by atoms with Crippen LogP contribution in [0.3, 0.4) is 0 Å². The normalized spacial score (nSPS) is 21.7. The fourth-order valence-corrected chi connectivity index (χ4v) is 6.17. The number of hydrogen-bond donors (Lipinski definition) is 1. The average Bonchev–Trinajstić information content (AvgIpc) is 3.44. The van der Waals surface area contributed by atoms with E-state index in [1.165, 1.54) is 12.7 Å². The van der Waals surface area contributed by atoms with E-state index in [2.05, 4.69) is 27.6 Å². The van der Waals surface area contributed by atoms with E-state index in [4.69, 9.17) is 14.7 Å². The number of carbonyl (C=O) groups is 1. The van der Waals surface area contributed by atoms with Gasteiger partial charge in [-0.2, -0.15) is 5.10 Å². The molecule has 10 heteroatoms. The van der Waals surface area contributed by atoms with Crippen molar-refractivity contribution in [3.8, 4) is 0 Å². The van der Waals surface area contributed by atoms with Gasteiger partial charge in [0.2, 0.25) is 0 Å². The van der Waals surface area contributed by atoms with Crippen molar-refractivity contribution in [1.29, 1.82) is 0 Å². The first kappa shape index (κ1) is 23.0. The van der Waals surface area contributed by atoms with Crippen LogP contribution in [0.2, 0.25) is 0 Å². The zero-order valence-corrected chi connectivity index (χ0v) is 21.0. The number of nitrogens with zero attached hydrogens (tertiary/aromatic N) is 6. The monoisotopic (exact) mass is 483 g/mol. The first-order valence-corrected chi connectivity index (χ1v) is 12.9. The summed E-state index contributed by atoms with van der Waals surface area (Å²) in [5, 5.41) is 11.4. The second-order valence-corrected chi connectivity index (χ2v) is 10.3. The maximum atomic E-state index is 11.8. The van der Waals surface area contributed by atoms with Gasteiger partial charge in [0.1, 0.15) is 16.5 Å². The van der Waals surface area contributed by atoms with Gasteiger partial charge in [0.15, 0.2) is 0 Å². The van der Waals surface area contributed by atoms with Crippen LogP contribution in [-0.4, -0.2) is 81.0 Å². The molecule has 1 N–H and O–H groups in total. The number of methoxy groups -OCH3 is 1. The lowest BCUT2D eigenvalue weighted by atomic mass is 9.89. The van der Waals surface area contributed by atoms with Gasteiger partial charge in [-0.1, -0.05) is 0 Å². The van der Waals surface area contributed by atoms with Crippen molar-refractivity contribution in [1.82, 2.24) is 29.5 Å². The van der Waals surface area contributed by atoms with E-state index >= 15 is 0 Å². The van der Waals surface area contributed by atoms with E-state index < -0.39 is 0 Å². The molecule has 182 valence electrons. The van der Waals surface area contributed by atoms with E-state index in [-0.39, 0.29) is 6.09 Å². The van der Waals surface area contributed by atoms with Crippen LogP contribution < -0.4 is 5.32 Å². The Bertz CT molecular complexity index is 1140. The highest BCUT2D eigenvalue weighted by atomic mass is 32.1.